The van der Waals surface area contributed by atoms with Crippen molar-refractivity contribution in [2.45, 2.75) is 32.7 Å². The number of rotatable bonds is 5. The van der Waals surface area contributed by atoms with Gasteiger partial charge in [-0.2, -0.15) is 4.98 Å². The Bertz CT molecular complexity index is 812. The Morgan fingerprint density at radius 3 is 2.74 bits per heavy atom. The molecule has 1 atom stereocenters. The van der Waals surface area contributed by atoms with E-state index >= 15 is 0 Å². The number of carbonyl (C=O) groups is 1. The van der Waals surface area contributed by atoms with Gasteiger partial charge in [-0.15, -0.1) is 5.10 Å². The largest absolute Gasteiger partial charge is 0.342 e. The lowest BCUT2D eigenvalue weighted by Gasteiger charge is -2.17. The van der Waals surface area contributed by atoms with Crippen LogP contribution >= 0.6 is 0 Å². The third-order valence-electron chi connectivity index (χ3n) is 3.72. The Hall–Kier alpha value is -2.76. The normalized spacial score (nSPS) is 12.3. The zero-order valence-electron chi connectivity index (χ0n) is 13.2. The monoisotopic (exact) mass is 309 g/mol. The first-order valence-corrected chi connectivity index (χ1v) is 7.73. The summed E-state index contributed by atoms with van der Waals surface area (Å²) < 4.78 is 1.58. The van der Waals surface area contributed by atoms with Crippen LogP contribution < -0.4 is 5.32 Å². The lowest BCUT2D eigenvalue weighted by Crippen LogP contribution is -2.29. The number of fused-ring (bicyclic) bond motifs is 1. The molecule has 3 aromatic rings. The van der Waals surface area contributed by atoms with E-state index in [1.165, 1.54) is 0 Å². The lowest BCUT2D eigenvalue weighted by molar-refractivity contribution is 0.0924. The highest BCUT2D eigenvalue weighted by Gasteiger charge is 2.19. The van der Waals surface area contributed by atoms with Crippen LogP contribution in [0.1, 0.15) is 47.7 Å². The number of nitrogens with one attached hydrogen (secondary N) is 1. The molecule has 0 aliphatic heterocycles. The first kappa shape index (κ1) is 15.1. The number of aromatic nitrogens is 4. The first-order valence-electron chi connectivity index (χ1n) is 7.73. The maximum absolute atomic E-state index is 12.5. The number of aryl methyl sites for hydroxylation is 1. The van der Waals surface area contributed by atoms with Gasteiger partial charge in [0.25, 0.3) is 11.7 Å². The van der Waals surface area contributed by atoms with Gasteiger partial charge in [0.1, 0.15) is 0 Å². The van der Waals surface area contributed by atoms with E-state index in [-0.39, 0.29) is 17.8 Å². The Kier molecular flexibility index (Phi) is 4.32. The summed E-state index contributed by atoms with van der Waals surface area (Å²) in [4.78, 5) is 20.8. The lowest BCUT2D eigenvalue weighted by atomic mass is 10.0. The maximum atomic E-state index is 12.5. The second-order valence-electron chi connectivity index (χ2n) is 5.46. The molecule has 6 heteroatoms. The molecule has 0 unspecified atom stereocenters. The highest BCUT2D eigenvalue weighted by molar-refractivity contribution is 5.91. The molecule has 0 saturated carbocycles. The summed E-state index contributed by atoms with van der Waals surface area (Å²) in [6.45, 7) is 3.99. The molecular weight excluding hydrogens is 290 g/mol. The molecule has 0 radical (unpaired) electrons. The van der Waals surface area contributed by atoms with Gasteiger partial charge in [-0.1, -0.05) is 43.7 Å². The van der Waals surface area contributed by atoms with Crippen molar-refractivity contribution in [3.05, 3.63) is 59.7 Å². The van der Waals surface area contributed by atoms with Crippen LogP contribution in [-0.2, 0) is 0 Å². The number of carbonyl (C=O) groups excluding carboxylic acids is 1. The van der Waals surface area contributed by atoms with Gasteiger partial charge in [0, 0.05) is 11.9 Å². The number of benzene rings is 1. The number of amides is 1. The fourth-order valence-corrected chi connectivity index (χ4v) is 2.52. The molecule has 2 heterocycles. The Labute approximate surface area is 134 Å². The molecule has 1 aromatic carbocycles. The van der Waals surface area contributed by atoms with E-state index in [1.807, 2.05) is 43.3 Å². The maximum Gasteiger partial charge on any atom is 0.291 e. The summed E-state index contributed by atoms with van der Waals surface area (Å²) in [6, 6.07) is 11.7. The third-order valence-corrected chi connectivity index (χ3v) is 3.72. The Morgan fingerprint density at radius 2 is 2.04 bits per heavy atom. The summed E-state index contributed by atoms with van der Waals surface area (Å²) in [5.74, 6) is 0.294. The van der Waals surface area contributed by atoms with Crippen molar-refractivity contribution in [2.75, 3.05) is 0 Å². The molecule has 0 spiro atoms. The summed E-state index contributed by atoms with van der Waals surface area (Å²) in [5.41, 5.74) is 1.97. The van der Waals surface area contributed by atoms with Crippen LogP contribution in [0.15, 0.2) is 42.6 Å². The zero-order valence-corrected chi connectivity index (χ0v) is 13.2. The molecule has 1 amide bonds. The predicted molar refractivity (Wildman–Crippen MR) is 87.1 cm³/mol. The number of hydrogen-bond donors (Lipinski definition) is 1. The predicted octanol–water partition coefficient (Wildman–Crippen LogP) is 2.70. The van der Waals surface area contributed by atoms with Gasteiger partial charge in [-0.05, 0) is 25.0 Å². The van der Waals surface area contributed by atoms with Crippen LogP contribution in [0, 0.1) is 6.92 Å². The first-order chi connectivity index (χ1) is 11.2. The van der Waals surface area contributed by atoms with Crippen LogP contribution in [0.3, 0.4) is 0 Å². The molecule has 0 aliphatic rings. The third kappa shape index (κ3) is 3.21. The van der Waals surface area contributed by atoms with Crippen molar-refractivity contribution in [2.24, 2.45) is 0 Å². The molecule has 0 aliphatic carbocycles. The highest BCUT2D eigenvalue weighted by atomic mass is 16.2. The van der Waals surface area contributed by atoms with E-state index in [4.69, 9.17) is 0 Å². The molecule has 23 heavy (non-hydrogen) atoms. The van der Waals surface area contributed by atoms with Gasteiger partial charge in [0.2, 0.25) is 5.82 Å². The van der Waals surface area contributed by atoms with Gasteiger partial charge >= 0.3 is 0 Å². The van der Waals surface area contributed by atoms with E-state index in [0.29, 0.717) is 5.78 Å². The average molecular weight is 309 g/mol. The number of hydrogen-bond acceptors (Lipinski definition) is 4. The molecule has 2 aromatic heterocycles. The summed E-state index contributed by atoms with van der Waals surface area (Å²) in [6.07, 6.45) is 3.49. The minimum absolute atomic E-state index is 0.0469. The molecule has 6 nitrogen and oxygen atoms in total. The second kappa shape index (κ2) is 6.56. The van der Waals surface area contributed by atoms with E-state index in [2.05, 4.69) is 27.3 Å². The van der Waals surface area contributed by atoms with Crippen LogP contribution in [0.4, 0.5) is 0 Å². The van der Waals surface area contributed by atoms with Gasteiger partial charge in [-0.25, -0.2) is 9.50 Å². The van der Waals surface area contributed by atoms with Gasteiger partial charge in [0.05, 0.1) is 6.04 Å². The Balaban J connectivity index is 1.84. The molecule has 0 bridgehead atoms. The molecule has 0 saturated heterocycles. The van der Waals surface area contributed by atoms with Crippen molar-refractivity contribution in [3.8, 4) is 0 Å². The van der Waals surface area contributed by atoms with Crippen LogP contribution in [0.2, 0.25) is 0 Å². The quantitative estimate of drug-likeness (QED) is 0.786. The van der Waals surface area contributed by atoms with Crippen molar-refractivity contribution < 1.29 is 4.79 Å². The van der Waals surface area contributed by atoms with E-state index in [1.54, 1.807) is 10.7 Å². The SMILES string of the molecule is CCC[C@H](NC(=O)c1nc2nccc(C)n2n1)c1ccccc1. The van der Waals surface area contributed by atoms with Crippen molar-refractivity contribution >= 4 is 11.7 Å². The highest BCUT2D eigenvalue weighted by Crippen LogP contribution is 2.18. The van der Waals surface area contributed by atoms with Gasteiger partial charge in [0.15, 0.2) is 0 Å². The minimum Gasteiger partial charge on any atom is -0.342 e. The van der Waals surface area contributed by atoms with Crippen molar-refractivity contribution in [3.63, 3.8) is 0 Å². The Morgan fingerprint density at radius 1 is 1.26 bits per heavy atom. The molecule has 118 valence electrons. The molecular formula is C17H19N5O. The molecule has 0 fully saturated rings. The van der Waals surface area contributed by atoms with Gasteiger partial charge < -0.3 is 5.32 Å². The zero-order chi connectivity index (χ0) is 16.2. The minimum atomic E-state index is -0.280. The van der Waals surface area contributed by atoms with E-state index in [0.717, 1.165) is 24.1 Å². The van der Waals surface area contributed by atoms with Crippen LogP contribution in [0.25, 0.3) is 5.78 Å². The summed E-state index contributed by atoms with van der Waals surface area (Å²) >= 11 is 0. The van der Waals surface area contributed by atoms with E-state index < -0.39 is 0 Å². The molecule has 3 rings (SSSR count). The number of nitrogens with zero attached hydrogens (tertiary/aromatic N) is 4. The van der Waals surface area contributed by atoms with Crippen molar-refractivity contribution in [1.82, 2.24) is 24.9 Å². The standard InChI is InChI=1S/C17H19N5O/c1-3-7-14(13-8-5-4-6-9-13)19-16(23)15-20-17-18-11-10-12(2)22(17)21-15/h4-6,8-11,14H,3,7H2,1-2H3,(H,19,23)/t14-/m0/s1. The fraction of sp³-hybridized carbons (Fsp3) is 0.294. The molecule has 1 N–H and O–H groups in total. The van der Waals surface area contributed by atoms with Crippen molar-refractivity contribution in [1.29, 1.82) is 0 Å². The smallest absolute Gasteiger partial charge is 0.291 e. The van der Waals surface area contributed by atoms with Crippen LogP contribution in [0.5, 0.6) is 0 Å². The second-order valence-corrected chi connectivity index (χ2v) is 5.46. The average Bonchev–Trinajstić information content (AvgIpc) is 3.01. The fourth-order valence-electron chi connectivity index (χ4n) is 2.52. The summed E-state index contributed by atoms with van der Waals surface area (Å²) in [7, 11) is 0. The summed E-state index contributed by atoms with van der Waals surface area (Å²) in [5, 5.41) is 7.28. The van der Waals surface area contributed by atoms with Crippen LogP contribution in [-0.4, -0.2) is 25.5 Å². The topological polar surface area (TPSA) is 72.2 Å². The van der Waals surface area contributed by atoms with Gasteiger partial charge in [-0.3, -0.25) is 4.79 Å². The van der Waals surface area contributed by atoms with E-state index in [9.17, 15) is 4.79 Å².